The second kappa shape index (κ2) is 5.48. The van der Waals surface area contributed by atoms with Gasteiger partial charge in [-0.25, -0.2) is 4.79 Å². The Kier molecular flexibility index (Phi) is 3.76. The molecule has 0 saturated carbocycles. The first kappa shape index (κ1) is 13.0. The van der Waals surface area contributed by atoms with Crippen LogP contribution in [0.5, 0.6) is 0 Å². The van der Waals surface area contributed by atoms with Crippen molar-refractivity contribution in [2.24, 2.45) is 0 Å². The average molecular weight is 254 g/mol. The Labute approximate surface area is 111 Å². The van der Waals surface area contributed by atoms with Crippen molar-refractivity contribution in [2.75, 3.05) is 7.11 Å². The van der Waals surface area contributed by atoms with Crippen LogP contribution in [0.3, 0.4) is 0 Å². The smallest absolute Gasteiger partial charge is 0.337 e. The molecule has 2 aromatic rings. The van der Waals surface area contributed by atoms with Crippen molar-refractivity contribution in [1.29, 1.82) is 0 Å². The highest BCUT2D eigenvalue weighted by molar-refractivity contribution is 5.95. The van der Waals surface area contributed by atoms with E-state index in [0.29, 0.717) is 11.1 Å². The van der Waals surface area contributed by atoms with Gasteiger partial charge in [-0.1, -0.05) is 35.9 Å². The Morgan fingerprint density at radius 1 is 1.11 bits per heavy atom. The lowest BCUT2D eigenvalue weighted by atomic mass is 9.97. The molecule has 2 rings (SSSR count). The van der Waals surface area contributed by atoms with Crippen LogP contribution in [0, 0.1) is 6.92 Å². The van der Waals surface area contributed by atoms with Crippen molar-refractivity contribution in [3.8, 4) is 11.1 Å². The number of rotatable bonds is 3. The average Bonchev–Trinajstić information content (AvgIpc) is 2.46. The van der Waals surface area contributed by atoms with Crippen molar-refractivity contribution in [3.63, 3.8) is 0 Å². The molecular weight excluding hydrogens is 240 g/mol. The number of hydrogen-bond donors (Lipinski definition) is 0. The van der Waals surface area contributed by atoms with Gasteiger partial charge in [0.25, 0.3) is 0 Å². The number of ether oxygens (including phenoxy) is 1. The van der Waals surface area contributed by atoms with Crippen molar-refractivity contribution >= 4 is 12.3 Å². The molecule has 0 aliphatic carbocycles. The zero-order valence-electron chi connectivity index (χ0n) is 10.8. The first-order valence-electron chi connectivity index (χ1n) is 5.90. The zero-order valence-corrected chi connectivity index (χ0v) is 10.8. The number of hydrogen-bond acceptors (Lipinski definition) is 3. The van der Waals surface area contributed by atoms with Crippen LogP contribution in [0.15, 0.2) is 42.5 Å². The van der Waals surface area contributed by atoms with Crippen LogP contribution in [0.2, 0.25) is 0 Å². The summed E-state index contributed by atoms with van der Waals surface area (Å²) in [6.45, 7) is 2.00. The van der Waals surface area contributed by atoms with Gasteiger partial charge in [0.1, 0.15) is 0 Å². The van der Waals surface area contributed by atoms with E-state index >= 15 is 0 Å². The quantitative estimate of drug-likeness (QED) is 0.623. The second-order valence-electron chi connectivity index (χ2n) is 4.28. The predicted molar refractivity (Wildman–Crippen MR) is 73.3 cm³/mol. The van der Waals surface area contributed by atoms with Gasteiger partial charge in [0.2, 0.25) is 0 Å². The molecule has 2 aromatic carbocycles. The van der Waals surface area contributed by atoms with E-state index in [1.165, 1.54) is 7.11 Å². The highest BCUT2D eigenvalue weighted by Crippen LogP contribution is 2.24. The summed E-state index contributed by atoms with van der Waals surface area (Å²) in [4.78, 5) is 22.6. The van der Waals surface area contributed by atoms with Gasteiger partial charge in [-0.3, -0.25) is 4.79 Å². The van der Waals surface area contributed by atoms with Crippen LogP contribution >= 0.6 is 0 Å². The summed E-state index contributed by atoms with van der Waals surface area (Å²) in [5.74, 6) is -0.446. The lowest BCUT2D eigenvalue weighted by molar-refractivity contribution is 0.0600. The monoisotopic (exact) mass is 254 g/mol. The van der Waals surface area contributed by atoms with Gasteiger partial charge in [-0.15, -0.1) is 0 Å². The van der Waals surface area contributed by atoms with Crippen molar-refractivity contribution < 1.29 is 14.3 Å². The van der Waals surface area contributed by atoms with Gasteiger partial charge in [0.15, 0.2) is 6.29 Å². The molecule has 0 amide bonds. The molecule has 0 N–H and O–H groups in total. The Balaban J connectivity index is 2.49. The first-order valence-corrected chi connectivity index (χ1v) is 5.90. The molecule has 0 radical (unpaired) electrons. The zero-order chi connectivity index (χ0) is 13.8. The molecule has 0 unspecified atom stereocenters. The Morgan fingerprint density at radius 2 is 1.79 bits per heavy atom. The molecule has 0 aliphatic rings. The summed E-state index contributed by atoms with van der Waals surface area (Å²) in [6, 6.07) is 12.9. The van der Waals surface area contributed by atoms with E-state index in [2.05, 4.69) is 4.74 Å². The number of methoxy groups -OCH3 is 1. The van der Waals surface area contributed by atoms with Crippen molar-refractivity contribution in [3.05, 3.63) is 59.2 Å². The summed E-state index contributed by atoms with van der Waals surface area (Å²) in [6.07, 6.45) is 0.752. The predicted octanol–water partition coefficient (Wildman–Crippen LogP) is 3.26. The van der Waals surface area contributed by atoms with Gasteiger partial charge in [-0.2, -0.15) is 0 Å². The molecule has 19 heavy (non-hydrogen) atoms. The maximum atomic E-state index is 11.4. The molecule has 0 atom stereocenters. The van der Waals surface area contributed by atoms with Gasteiger partial charge in [-0.05, 0) is 30.2 Å². The molecule has 0 saturated heterocycles. The largest absolute Gasteiger partial charge is 0.465 e. The molecule has 0 aliphatic heterocycles. The normalized spacial score (nSPS) is 10.0. The molecule has 0 bridgehead atoms. The van der Waals surface area contributed by atoms with E-state index in [1.54, 1.807) is 18.2 Å². The van der Waals surface area contributed by atoms with Crippen LogP contribution < -0.4 is 0 Å². The fraction of sp³-hybridized carbons (Fsp3) is 0.125. The minimum Gasteiger partial charge on any atom is -0.465 e. The Bertz CT molecular complexity index is 612. The van der Waals surface area contributed by atoms with E-state index in [4.69, 9.17) is 0 Å². The lowest BCUT2D eigenvalue weighted by Gasteiger charge is -2.07. The number of aldehydes is 1. The highest BCUT2D eigenvalue weighted by atomic mass is 16.5. The standard InChI is InChI=1S/C16H14O3/c1-11-3-5-12(6-4-11)15-8-7-13(16(18)19-2)9-14(15)10-17/h3-10H,1-2H3. The third kappa shape index (κ3) is 2.71. The number of carbonyl (C=O) groups excluding carboxylic acids is 2. The molecule has 0 spiro atoms. The highest BCUT2D eigenvalue weighted by Gasteiger charge is 2.10. The minimum atomic E-state index is -0.446. The second-order valence-corrected chi connectivity index (χ2v) is 4.28. The Morgan fingerprint density at radius 3 is 2.37 bits per heavy atom. The van der Waals surface area contributed by atoms with E-state index in [0.717, 1.165) is 23.0 Å². The maximum absolute atomic E-state index is 11.4. The molecule has 0 heterocycles. The summed E-state index contributed by atoms with van der Waals surface area (Å²) in [5.41, 5.74) is 3.77. The number of benzene rings is 2. The maximum Gasteiger partial charge on any atom is 0.337 e. The van der Waals surface area contributed by atoms with Crippen LogP contribution in [0.1, 0.15) is 26.3 Å². The SMILES string of the molecule is COC(=O)c1ccc(-c2ccc(C)cc2)c(C=O)c1. The van der Waals surface area contributed by atoms with Gasteiger partial charge >= 0.3 is 5.97 Å². The molecule has 0 aromatic heterocycles. The van der Waals surface area contributed by atoms with Gasteiger partial charge < -0.3 is 4.74 Å². The topological polar surface area (TPSA) is 43.4 Å². The number of carbonyl (C=O) groups is 2. The summed E-state index contributed by atoms with van der Waals surface area (Å²) in [7, 11) is 1.32. The van der Waals surface area contributed by atoms with Crippen molar-refractivity contribution in [1.82, 2.24) is 0 Å². The Hall–Kier alpha value is -2.42. The molecule has 3 heteroatoms. The van der Waals surface area contributed by atoms with E-state index in [1.807, 2.05) is 31.2 Å². The molecule has 0 fully saturated rings. The van der Waals surface area contributed by atoms with Crippen molar-refractivity contribution in [2.45, 2.75) is 6.92 Å². The van der Waals surface area contributed by atoms with Crippen LogP contribution in [-0.4, -0.2) is 19.4 Å². The molecular formula is C16H14O3. The fourth-order valence-corrected chi connectivity index (χ4v) is 1.90. The van der Waals surface area contributed by atoms with Gasteiger partial charge in [0, 0.05) is 5.56 Å². The van der Waals surface area contributed by atoms with E-state index in [-0.39, 0.29) is 0 Å². The third-order valence-corrected chi connectivity index (χ3v) is 2.96. The van der Waals surface area contributed by atoms with E-state index in [9.17, 15) is 9.59 Å². The summed E-state index contributed by atoms with van der Waals surface area (Å²) in [5, 5.41) is 0. The molecule has 96 valence electrons. The van der Waals surface area contributed by atoms with Crippen LogP contribution in [0.25, 0.3) is 11.1 Å². The number of esters is 1. The minimum absolute atomic E-state index is 0.375. The fourth-order valence-electron chi connectivity index (χ4n) is 1.90. The third-order valence-electron chi connectivity index (χ3n) is 2.96. The lowest BCUT2D eigenvalue weighted by Crippen LogP contribution is -2.02. The first-order chi connectivity index (χ1) is 9.15. The van der Waals surface area contributed by atoms with Gasteiger partial charge in [0.05, 0.1) is 12.7 Å². The summed E-state index contributed by atoms with van der Waals surface area (Å²) < 4.78 is 4.64. The number of aryl methyl sites for hydroxylation is 1. The summed E-state index contributed by atoms with van der Waals surface area (Å²) >= 11 is 0. The van der Waals surface area contributed by atoms with Crippen LogP contribution in [0.4, 0.5) is 0 Å². The molecule has 3 nitrogen and oxygen atoms in total. The van der Waals surface area contributed by atoms with E-state index < -0.39 is 5.97 Å². The van der Waals surface area contributed by atoms with Crippen LogP contribution in [-0.2, 0) is 4.74 Å².